The Hall–Kier alpha value is -1.78. The van der Waals surface area contributed by atoms with Crippen molar-refractivity contribution in [2.75, 3.05) is 0 Å². The molecule has 17 heavy (non-hydrogen) atoms. The highest BCUT2D eigenvalue weighted by molar-refractivity contribution is 5.77. The number of amides is 1. The molecule has 0 saturated carbocycles. The molecule has 1 aromatic heterocycles. The molecule has 1 aromatic rings. The normalized spacial score (nSPS) is 12.4. The van der Waals surface area contributed by atoms with E-state index < -0.39 is 12.0 Å². The molecule has 1 atom stereocenters. The van der Waals surface area contributed by atoms with Gasteiger partial charge in [0.15, 0.2) is 0 Å². The van der Waals surface area contributed by atoms with Crippen LogP contribution < -0.4 is 5.32 Å². The lowest BCUT2D eigenvalue weighted by Crippen LogP contribution is -2.30. The number of carbonyl (C=O) groups excluding carboxylic acids is 1. The zero-order valence-electron chi connectivity index (χ0n) is 9.97. The van der Waals surface area contributed by atoms with Crippen molar-refractivity contribution < 1.29 is 19.1 Å². The summed E-state index contributed by atoms with van der Waals surface area (Å²) in [6.07, 6.45) is 1.65. The van der Waals surface area contributed by atoms with Crippen molar-refractivity contribution in [3.8, 4) is 0 Å². The zero-order valence-corrected chi connectivity index (χ0v) is 9.97. The third kappa shape index (κ3) is 4.72. The number of hydrogen-bond acceptors (Lipinski definition) is 3. The molecule has 0 aliphatic rings. The average molecular weight is 239 g/mol. The summed E-state index contributed by atoms with van der Waals surface area (Å²) < 4.78 is 5.12. The second-order valence-corrected chi connectivity index (χ2v) is 4.33. The van der Waals surface area contributed by atoms with Crippen molar-refractivity contribution in [3.63, 3.8) is 0 Å². The van der Waals surface area contributed by atoms with E-state index in [9.17, 15) is 9.59 Å². The second-order valence-electron chi connectivity index (χ2n) is 4.33. The van der Waals surface area contributed by atoms with E-state index >= 15 is 0 Å². The van der Waals surface area contributed by atoms with Crippen molar-refractivity contribution in [1.82, 2.24) is 5.32 Å². The highest BCUT2D eigenvalue weighted by Gasteiger charge is 2.20. The lowest BCUT2D eigenvalue weighted by atomic mass is 10.1. The molecule has 1 amide bonds. The van der Waals surface area contributed by atoms with Crippen molar-refractivity contribution in [3.05, 3.63) is 24.2 Å². The Morgan fingerprint density at radius 2 is 2.12 bits per heavy atom. The van der Waals surface area contributed by atoms with Gasteiger partial charge in [-0.25, -0.2) is 0 Å². The highest BCUT2D eigenvalue weighted by Crippen LogP contribution is 2.17. The molecular weight excluding hydrogens is 222 g/mol. The Kier molecular flexibility index (Phi) is 4.75. The lowest BCUT2D eigenvalue weighted by molar-refractivity contribution is -0.138. The number of carboxylic acids is 1. The minimum absolute atomic E-state index is 0.164. The molecule has 0 spiro atoms. The van der Waals surface area contributed by atoms with Crippen molar-refractivity contribution in [2.24, 2.45) is 5.92 Å². The van der Waals surface area contributed by atoms with Gasteiger partial charge in [0.1, 0.15) is 5.76 Å². The van der Waals surface area contributed by atoms with Gasteiger partial charge < -0.3 is 14.8 Å². The zero-order chi connectivity index (χ0) is 12.8. The fourth-order valence-electron chi connectivity index (χ4n) is 1.51. The number of aliphatic carboxylic acids is 1. The largest absolute Gasteiger partial charge is 0.481 e. The van der Waals surface area contributed by atoms with E-state index in [0.29, 0.717) is 12.2 Å². The number of hydrogen-bond donors (Lipinski definition) is 2. The Balaban J connectivity index is 2.65. The first-order chi connectivity index (χ1) is 7.99. The first kappa shape index (κ1) is 13.3. The van der Waals surface area contributed by atoms with E-state index in [2.05, 4.69) is 5.32 Å². The van der Waals surface area contributed by atoms with Gasteiger partial charge in [-0.05, 0) is 18.1 Å². The molecule has 1 rings (SSSR count). The van der Waals surface area contributed by atoms with E-state index in [1.807, 2.05) is 13.8 Å². The van der Waals surface area contributed by atoms with Crippen LogP contribution in [0.1, 0.15) is 38.5 Å². The third-order valence-electron chi connectivity index (χ3n) is 2.19. The van der Waals surface area contributed by atoms with Gasteiger partial charge >= 0.3 is 5.97 Å². The molecule has 1 unspecified atom stereocenters. The number of carbonyl (C=O) groups is 2. The minimum atomic E-state index is -0.976. The van der Waals surface area contributed by atoms with E-state index in [4.69, 9.17) is 9.52 Å². The predicted molar refractivity (Wildman–Crippen MR) is 61.3 cm³/mol. The number of rotatable bonds is 6. The SMILES string of the molecule is CC(C)CC(=O)NC(CC(=O)O)c1ccco1. The van der Waals surface area contributed by atoms with E-state index in [-0.39, 0.29) is 18.2 Å². The fraction of sp³-hybridized carbons (Fsp3) is 0.500. The molecule has 0 fully saturated rings. The Morgan fingerprint density at radius 3 is 2.59 bits per heavy atom. The summed E-state index contributed by atoms with van der Waals surface area (Å²) in [5, 5.41) is 11.5. The predicted octanol–water partition coefficient (Wildman–Crippen LogP) is 1.96. The number of nitrogens with one attached hydrogen (secondary N) is 1. The molecule has 5 nitrogen and oxygen atoms in total. The Bertz CT molecular complexity index is 370. The maximum Gasteiger partial charge on any atom is 0.305 e. The molecule has 1 heterocycles. The quantitative estimate of drug-likeness (QED) is 0.795. The Labute approximate surface area is 99.8 Å². The van der Waals surface area contributed by atoms with Crippen LogP contribution in [0.3, 0.4) is 0 Å². The van der Waals surface area contributed by atoms with Crippen LogP contribution >= 0.6 is 0 Å². The van der Waals surface area contributed by atoms with Crippen LogP contribution in [0.25, 0.3) is 0 Å². The highest BCUT2D eigenvalue weighted by atomic mass is 16.4. The maximum absolute atomic E-state index is 11.6. The van der Waals surface area contributed by atoms with Crippen LogP contribution in [0.2, 0.25) is 0 Å². The van der Waals surface area contributed by atoms with Gasteiger partial charge in [-0.1, -0.05) is 13.8 Å². The average Bonchev–Trinajstić information content (AvgIpc) is 2.66. The summed E-state index contributed by atoms with van der Waals surface area (Å²) >= 11 is 0. The van der Waals surface area contributed by atoms with Crippen molar-refractivity contribution in [2.45, 2.75) is 32.7 Å². The molecule has 0 radical (unpaired) electrons. The fourth-order valence-corrected chi connectivity index (χ4v) is 1.51. The van der Waals surface area contributed by atoms with Crippen molar-refractivity contribution >= 4 is 11.9 Å². The van der Waals surface area contributed by atoms with Crippen LogP contribution in [0.4, 0.5) is 0 Å². The van der Waals surface area contributed by atoms with Crippen molar-refractivity contribution in [1.29, 1.82) is 0 Å². The monoisotopic (exact) mass is 239 g/mol. The van der Waals surface area contributed by atoms with Gasteiger partial charge in [0, 0.05) is 6.42 Å². The van der Waals surface area contributed by atoms with Crippen LogP contribution in [0.5, 0.6) is 0 Å². The molecule has 0 aliphatic heterocycles. The van der Waals surface area contributed by atoms with Crippen LogP contribution in [-0.2, 0) is 9.59 Å². The first-order valence-electron chi connectivity index (χ1n) is 5.53. The molecule has 2 N–H and O–H groups in total. The van der Waals surface area contributed by atoms with Gasteiger partial charge in [-0.15, -0.1) is 0 Å². The molecule has 0 bridgehead atoms. The van der Waals surface area contributed by atoms with Gasteiger partial charge in [-0.2, -0.15) is 0 Å². The molecule has 0 aliphatic carbocycles. The summed E-state index contributed by atoms with van der Waals surface area (Å²) in [4.78, 5) is 22.3. The molecule has 5 heteroatoms. The Morgan fingerprint density at radius 1 is 1.41 bits per heavy atom. The van der Waals surface area contributed by atoms with Crippen LogP contribution in [0.15, 0.2) is 22.8 Å². The summed E-state index contributed by atoms with van der Waals surface area (Å²) in [7, 11) is 0. The smallest absolute Gasteiger partial charge is 0.305 e. The van der Waals surface area contributed by atoms with Gasteiger partial charge in [0.2, 0.25) is 5.91 Å². The van der Waals surface area contributed by atoms with Crippen LogP contribution in [0, 0.1) is 5.92 Å². The van der Waals surface area contributed by atoms with Gasteiger partial charge in [-0.3, -0.25) is 9.59 Å². The van der Waals surface area contributed by atoms with Crippen LogP contribution in [-0.4, -0.2) is 17.0 Å². The van der Waals surface area contributed by atoms with E-state index in [1.165, 1.54) is 6.26 Å². The topological polar surface area (TPSA) is 79.5 Å². The lowest BCUT2D eigenvalue weighted by Gasteiger charge is -2.15. The molecule has 0 saturated heterocycles. The van der Waals surface area contributed by atoms with Gasteiger partial charge in [0.05, 0.1) is 18.7 Å². The third-order valence-corrected chi connectivity index (χ3v) is 2.19. The maximum atomic E-state index is 11.6. The second kappa shape index (κ2) is 6.08. The van der Waals surface area contributed by atoms with Gasteiger partial charge in [0.25, 0.3) is 0 Å². The standard InChI is InChI=1S/C12H17NO4/c1-8(2)6-11(14)13-9(7-12(15)16)10-4-3-5-17-10/h3-5,8-9H,6-7H2,1-2H3,(H,13,14)(H,15,16). The summed E-state index contributed by atoms with van der Waals surface area (Å²) in [6, 6.07) is 2.72. The summed E-state index contributed by atoms with van der Waals surface area (Å²) in [6.45, 7) is 3.86. The summed E-state index contributed by atoms with van der Waals surface area (Å²) in [5.41, 5.74) is 0. The summed E-state index contributed by atoms with van der Waals surface area (Å²) in [5.74, 6) is -0.444. The van der Waals surface area contributed by atoms with E-state index in [0.717, 1.165) is 0 Å². The van der Waals surface area contributed by atoms with E-state index in [1.54, 1.807) is 12.1 Å². The number of furan rings is 1. The molecular formula is C12H17NO4. The number of carboxylic acid groups (broad SMARTS) is 1. The minimum Gasteiger partial charge on any atom is -0.481 e. The molecule has 0 aromatic carbocycles. The molecule has 94 valence electrons. The first-order valence-corrected chi connectivity index (χ1v) is 5.53.